The average molecular weight is 396 g/mol. The third kappa shape index (κ3) is 3.23. The van der Waals surface area contributed by atoms with Crippen LogP contribution in [-0.4, -0.2) is 34.5 Å². The normalized spacial score (nSPS) is 14.3. The van der Waals surface area contributed by atoms with Gasteiger partial charge < -0.3 is 15.1 Å². The molecule has 8 heteroatoms. The van der Waals surface area contributed by atoms with Crippen LogP contribution in [0.2, 0.25) is 0 Å². The fourth-order valence-corrected chi connectivity index (χ4v) is 4.12. The van der Waals surface area contributed by atoms with Gasteiger partial charge in [-0.25, -0.2) is 4.98 Å². The van der Waals surface area contributed by atoms with Crippen LogP contribution in [0.5, 0.6) is 5.75 Å². The number of thiazole rings is 1. The Labute approximate surface area is 158 Å². The number of anilines is 1. The standard InChI is InChI=1S/C19H19F3N2O2S/c1-3-24(4-2)12-9-10-13(15(25)11-12)18(26,19(20,21)22)17-23-14-7-5-6-8-16(14)27-17/h5-11,25-26H,3-4H2,1-2H3. The number of benzene rings is 2. The highest BCUT2D eigenvalue weighted by molar-refractivity contribution is 7.18. The Morgan fingerprint density at radius 3 is 2.30 bits per heavy atom. The Kier molecular flexibility index (Phi) is 5.05. The van der Waals surface area contributed by atoms with Gasteiger partial charge in [0.15, 0.2) is 0 Å². The van der Waals surface area contributed by atoms with Crippen LogP contribution in [-0.2, 0) is 5.60 Å². The Bertz CT molecular complexity index is 921. The molecule has 3 rings (SSSR count). The fourth-order valence-electron chi connectivity index (χ4n) is 3.03. The number of hydrogen-bond acceptors (Lipinski definition) is 5. The molecular formula is C19H19F3N2O2S. The third-order valence-corrected chi connectivity index (χ3v) is 5.66. The summed E-state index contributed by atoms with van der Waals surface area (Å²) >= 11 is 0.752. The Morgan fingerprint density at radius 2 is 1.74 bits per heavy atom. The molecule has 2 aromatic carbocycles. The first kappa shape index (κ1) is 19.4. The minimum atomic E-state index is -5.06. The van der Waals surface area contributed by atoms with Gasteiger partial charge in [-0.1, -0.05) is 12.1 Å². The maximum absolute atomic E-state index is 14.0. The Morgan fingerprint density at radius 1 is 1.07 bits per heavy atom. The number of para-hydroxylation sites is 1. The van der Waals surface area contributed by atoms with Crippen molar-refractivity contribution >= 4 is 27.2 Å². The molecule has 0 aliphatic heterocycles. The van der Waals surface area contributed by atoms with Gasteiger partial charge in [-0.15, -0.1) is 11.3 Å². The summed E-state index contributed by atoms with van der Waals surface area (Å²) in [4.78, 5) is 5.87. The average Bonchev–Trinajstić information content (AvgIpc) is 3.06. The molecule has 1 heterocycles. The quantitative estimate of drug-likeness (QED) is 0.659. The molecule has 0 amide bonds. The Hall–Kier alpha value is -2.32. The predicted octanol–water partition coefficient (Wildman–Crippen LogP) is 4.65. The maximum atomic E-state index is 14.0. The third-order valence-electron chi connectivity index (χ3n) is 4.51. The van der Waals surface area contributed by atoms with E-state index in [1.807, 2.05) is 18.7 Å². The van der Waals surface area contributed by atoms with Crippen molar-refractivity contribution < 1.29 is 23.4 Å². The SMILES string of the molecule is CCN(CC)c1ccc(C(O)(c2nc3ccccc3s2)C(F)(F)F)c(O)c1. The van der Waals surface area contributed by atoms with Gasteiger partial charge in [0.05, 0.1) is 10.2 Å². The van der Waals surface area contributed by atoms with Gasteiger partial charge in [0.25, 0.3) is 0 Å². The van der Waals surface area contributed by atoms with E-state index < -0.39 is 28.1 Å². The van der Waals surface area contributed by atoms with Crippen LogP contribution < -0.4 is 4.90 Å². The van der Waals surface area contributed by atoms with Gasteiger partial charge >= 0.3 is 6.18 Å². The first-order valence-electron chi connectivity index (χ1n) is 8.46. The Balaban J connectivity index is 2.18. The molecule has 0 bridgehead atoms. The molecule has 1 atom stereocenters. The van der Waals surface area contributed by atoms with Crippen molar-refractivity contribution in [3.8, 4) is 5.75 Å². The van der Waals surface area contributed by atoms with Crippen molar-refractivity contribution in [1.29, 1.82) is 0 Å². The molecule has 3 aromatic rings. The maximum Gasteiger partial charge on any atom is 0.428 e. The lowest BCUT2D eigenvalue weighted by Gasteiger charge is -2.30. The van der Waals surface area contributed by atoms with E-state index in [2.05, 4.69) is 4.98 Å². The molecule has 1 aromatic heterocycles. The fraction of sp³-hybridized carbons (Fsp3) is 0.316. The van der Waals surface area contributed by atoms with Crippen molar-refractivity contribution in [2.75, 3.05) is 18.0 Å². The van der Waals surface area contributed by atoms with Crippen molar-refractivity contribution in [2.24, 2.45) is 0 Å². The second kappa shape index (κ2) is 7.01. The van der Waals surface area contributed by atoms with Gasteiger partial charge in [0.1, 0.15) is 10.8 Å². The summed E-state index contributed by atoms with van der Waals surface area (Å²) in [6.45, 7) is 5.08. The van der Waals surface area contributed by atoms with E-state index in [0.717, 1.165) is 17.4 Å². The van der Waals surface area contributed by atoms with Gasteiger partial charge in [-0.2, -0.15) is 13.2 Å². The van der Waals surface area contributed by atoms with E-state index in [-0.39, 0.29) is 0 Å². The van der Waals surface area contributed by atoms with Gasteiger partial charge in [-0.3, -0.25) is 0 Å². The molecule has 0 aliphatic carbocycles. The van der Waals surface area contributed by atoms with E-state index in [9.17, 15) is 23.4 Å². The molecule has 0 saturated heterocycles. The number of rotatable bonds is 5. The number of aromatic hydroxyl groups is 1. The van der Waals surface area contributed by atoms with Gasteiger partial charge in [0.2, 0.25) is 5.60 Å². The number of halogens is 3. The number of fused-ring (bicyclic) bond motifs is 1. The minimum Gasteiger partial charge on any atom is -0.507 e. The molecular weight excluding hydrogens is 377 g/mol. The van der Waals surface area contributed by atoms with Crippen LogP contribution in [0.1, 0.15) is 24.4 Å². The predicted molar refractivity (Wildman–Crippen MR) is 100 cm³/mol. The van der Waals surface area contributed by atoms with E-state index in [4.69, 9.17) is 0 Å². The summed E-state index contributed by atoms with van der Waals surface area (Å²) in [6.07, 6.45) is -5.06. The molecule has 0 spiro atoms. The molecule has 4 nitrogen and oxygen atoms in total. The van der Waals surface area contributed by atoms with Crippen LogP contribution in [0.15, 0.2) is 42.5 Å². The number of aromatic nitrogens is 1. The monoisotopic (exact) mass is 396 g/mol. The second-order valence-corrected chi connectivity index (χ2v) is 7.10. The van der Waals surface area contributed by atoms with Crippen LogP contribution in [0, 0.1) is 0 Å². The molecule has 27 heavy (non-hydrogen) atoms. The summed E-state index contributed by atoms with van der Waals surface area (Å²) < 4.78 is 42.4. The van der Waals surface area contributed by atoms with Crippen molar-refractivity contribution in [2.45, 2.75) is 25.6 Å². The lowest BCUT2D eigenvalue weighted by molar-refractivity contribution is -0.248. The van der Waals surface area contributed by atoms with Crippen LogP contribution >= 0.6 is 11.3 Å². The lowest BCUT2D eigenvalue weighted by atomic mass is 9.92. The summed E-state index contributed by atoms with van der Waals surface area (Å²) in [5.41, 5.74) is -3.10. The number of phenols is 1. The molecule has 0 fully saturated rings. The summed E-state index contributed by atoms with van der Waals surface area (Å²) in [5.74, 6) is -0.626. The number of nitrogens with zero attached hydrogens (tertiary/aromatic N) is 2. The first-order chi connectivity index (χ1) is 12.7. The molecule has 144 valence electrons. The molecule has 2 N–H and O–H groups in total. The molecule has 0 aliphatic rings. The van der Waals surface area contributed by atoms with E-state index in [0.29, 0.717) is 29.0 Å². The number of hydrogen-bond donors (Lipinski definition) is 2. The van der Waals surface area contributed by atoms with Crippen LogP contribution in [0.25, 0.3) is 10.2 Å². The highest BCUT2D eigenvalue weighted by Gasteiger charge is 2.59. The van der Waals surface area contributed by atoms with Gasteiger partial charge in [0, 0.05) is 30.4 Å². The highest BCUT2D eigenvalue weighted by Crippen LogP contribution is 2.49. The van der Waals surface area contributed by atoms with Crippen LogP contribution in [0.3, 0.4) is 0 Å². The summed E-state index contributed by atoms with van der Waals surface area (Å²) in [7, 11) is 0. The van der Waals surface area contributed by atoms with Crippen molar-refractivity contribution in [1.82, 2.24) is 4.98 Å². The highest BCUT2D eigenvalue weighted by atomic mass is 32.1. The molecule has 0 saturated carbocycles. The first-order valence-corrected chi connectivity index (χ1v) is 9.27. The minimum absolute atomic E-state index is 0.361. The number of aliphatic hydroxyl groups is 1. The molecule has 1 unspecified atom stereocenters. The van der Waals surface area contributed by atoms with Gasteiger partial charge in [-0.05, 0) is 38.1 Å². The largest absolute Gasteiger partial charge is 0.507 e. The van der Waals surface area contributed by atoms with E-state index in [1.165, 1.54) is 12.1 Å². The number of alkyl halides is 3. The number of phenolic OH excluding ortho intramolecular Hbond substituents is 1. The van der Waals surface area contributed by atoms with E-state index in [1.54, 1.807) is 24.3 Å². The van der Waals surface area contributed by atoms with Crippen molar-refractivity contribution in [3.05, 3.63) is 53.0 Å². The van der Waals surface area contributed by atoms with E-state index >= 15 is 0 Å². The second-order valence-electron chi connectivity index (χ2n) is 6.07. The zero-order valence-electron chi connectivity index (χ0n) is 14.8. The zero-order chi connectivity index (χ0) is 19.8. The van der Waals surface area contributed by atoms with Crippen molar-refractivity contribution in [3.63, 3.8) is 0 Å². The topological polar surface area (TPSA) is 56.6 Å². The molecule has 0 radical (unpaired) electrons. The summed E-state index contributed by atoms with van der Waals surface area (Å²) in [6, 6.07) is 10.4. The lowest BCUT2D eigenvalue weighted by Crippen LogP contribution is -2.43. The zero-order valence-corrected chi connectivity index (χ0v) is 15.6. The summed E-state index contributed by atoms with van der Waals surface area (Å²) in [5, 5.41) is 20.6. The smallest absolute Gasteiger partial charge is 0.428 e. The van der Waals surface area contributed by atoms with Crippen LogP contribution in [0.4, 0.5) is 18.9 Å².